The van der Waals surface area contributed by atoms with Crippen molar-refractivity contribution < 1.29 is 28.3 Å². The first kappa shape index (κ1) is 27.7. The number of benzene rings is 1. The van der Waals surface area contributed by atoms with Crippen LogP contribution in [0.4, 0.5) is 10.5 Å². The van der Waals surface area contributed by atoms with Gasteiger partial charge < -0.3 is 29.0 Å². The lowest BCUT2D eigenvalue weighted by Gasteiger charge is -2.35. The number of furan rings is 1. The summed E-state index contributed by atoms with van der Waals surface area (Å²) in [7, 11) is 0. The van der Waals surface area contributed by atoms with Crippen LogP contribution in [0.25, 0.3) is 0 Å². The molecule has 1 N–H and O–H groups in total. The van der Waals surface area contributed by atoms with Crippen LogP contribution in [0, 0.1) is 20.8 Å². The van der Waals surface area contributed by atoms with Crippen molar-refractivity contribution >= 4 is 23.6 Å². The minimum absolute atomic E-state index is 0.113. The largest absolute Gasteiger partial charge is 0.485 e. The van der Waals surface area contributed by atoms with Crippen LogP contribution in [-0.4, -0.2) is 70.3 Å². The number of anilines is 1. The molecule has 3 aromatic rings. The normalized spacial score (nSPS) is 14.2. The molecule has 2 aromatic heterocycles. The van der Waals surface area contributed by atoms with E-state index in [1.54, 1.807) is 48.9 Å². The average Bonchev–Trinajstić information content (AvgIpc) is 3.54. The molecule has 1 fully saturated rings. The maximum atomic E-state index is 13.1. The van der Waals surface area contributed by atoms with Gasteiger partial charge in [0, 0.05) is 32.4 Å². The summed E-state index contributed by atoms with van der Waals surface area (Å²) in [6.07, 6.45) is 1.27. The van der Waals surface area contributed by atoms with Crippen LogP contribution in [-0.2, 0) is 16.1 Å². The third kappa shape index (κ3) is 6.42. The SMILES string of the molecule is CCOC(=O)N1CCN(C(=O)C(C)n2cc(NC(=O)c3ccc(COc4c(C)cccc4C)o3)c(C)n2)CC1. The number of hydrogen-bond donors (Lipinski definition) is 1. The Labute approximate surface area is 227 Å². The first-order valence-electron chi connectivity index (χ1n) is 13.0. The first-order chi connectivity index (χ1) is 18.7. The van der Waals surface area contributed by atoms with Gasteiger partial charge in [-0.05, 0) is 57.9 Å². The van der Waals surface area contributed by atoms with Crippen LogP contribution >= 0.6 is 0 Å². The van der Waals surface area contributed by atoms with Gasteiger partial charge in [0.25, 0.3) is 5.91 Å². The van der Waals surface area contributed by atoms with Crippen molar-refractivity contribution in [1.29, 1.82) is 0 Å². The van der Waals surface area contributed by atoms with Gasteiger partial charge in [-0.3, -0.25) is 14.3 Å². The van der Waals surface area contributed by atoms with Crippen LogP contribution in [0.15, 0.2) is 40.9 Å². The number of para-hydroxylation sites is 1. The summed E-state index contributed by atoms with van der Waals surface area (Å²) >= 11 is 0. The molecule has 1 aliphatic rings. The summed E-state index contributed by atoms with van der Waals surface area (Å²) in [6.45, 7) is 11.4. The van der Waals surface area contributed by atoms with Crippen molar-refractivity contribution in [3.8, 4) is 5.75 Å². The Kier molecular flexibility index (Phi) is 8.58. The minimum Gasteiger partial charge on any atom is -0.485 e. The maximum absolute atomic E-state index is 13.1. The number of rotatable bonds is 8. The predicted octanol–water partition coefficient (Wildman–Crippen LogP) is 4.09. The van der Waals surface area contributed by atoms with Crippen LogP contribution in [0.1, 0.15) is 53.0 Å². The van der Waals surface area contributed by atoms with Crippen LogP contribution in [0.3, 0.4) is 0 Å². The van der Waals surface area contributed by atoms with E-state index in [0.29, 0.717) is 49.9 Å². The number of piperazine rings is 1. The molecule has 1 aliphatic heterocycles. The zero-order valence-electron chi connectivity index (χ0n) is 23.0. The lowest BCUT2D eigenvalue weighted by Crippen LogP contribution is -2.52. The number of hydrogen-bond acceptors (Lipinski definition) is 7. The van der Waals surface area contributed by atoms with Gasteiger partial charge in [-0.2, -0.15) is 5.10 Å². The van der Waals surface area contributed by atoms with Gasteiger partial charge in [-0.25, -0.2) is 4.79 Å². The topological polar surface area (TPSA) is 119 Å². The van der Waals surface area contributed by atoms with E-state index in [9.17, 15) is 14.4 Å². The lowest BCUT2D eigenvalue weighted by atomic mass is 10.1. The molecule has 11 nitrogen and oxygen atoms in total. The van der Waals surface area contributed by atoms with Crippen molar-refractivity contribution in [3.05, 3.63) is 64.9 Å². The molecule has 3 amide bonds. The molecule has 1 atom stereocenters. The number of aromatic nitrogens is 2. The third-order valence-corrected chi connectivity index (χ3v) is 6.69. The van der Waals surface area contributed by atoms with E-state index in [-0.39, 0.29) is 24.4 Å². The lowest BCUT2D eigenvalue weighted by molar-refractivity contribution is -0.136. The summed E-state index contributed by atoms with van der Waals surface area (Å²) in [5.41, 5.74) is 3.11. The van der Waals surface area contributed by atoms with E-state index >= 15 is 0 Å². The van der Waals surface area contributed by atoms with Gasteiger partial charge >= 0.3 is 6.09 Å². The van der Waals surface area contributed by atoms with E-state index in [1.165, 1.54) is 4.68 Å². The minimum atomic E-state index is -0.583. The van der Waals surface area contributed by atoms with E-state index in [2.05, 4.69) is 10.4 Å². The van der Waals surface area contributed by atoms with Gasteiger partial charge in [-0.1, -0.05) is 18.2 Å². The third-order valence-electron chi connectivity index (χ3n) is 6.69. The number of aryl methyl sites for hydroxylation is 3. The second-order valence-corrected chi connectivity index (χ2v) is 9.53. The Morgan fingerprint density at radius 2 is 1.69 bits per heavy atom. The Bertz CT molecular complexity index is 1320. The smallest absolute Gasteiger partial charge is 0.409 e. The fraction of sp³-hybridized carbons (Fsp3) is 0.429. The summed E-state index contributed by atoms with van der Waals surface area (Å²) in [6, 6.07) is 8.66. The zero-order chi connectivity index (χ0) is 28.1. The van der Waals surface area contributed by atoms with Crippen molar-refractivity contribution in [2.24, 2.45) is 0 Å². The molecule has 208 valence electrons. The van der Waals surface area contributed by atoms with E-state index in [0.717, 1.165) is 16.9 Å². The Balaban J connectivity index is 1.33. The molecule has 1 unspecified atom stereocenters. The average molecular weight is 538 g/mol. The molecular weight excluding hydrogens is 502 g/mol. The second kappa shape index (κ2) is 12.1. The highest BCUT2D eigenvalue weighted by molar-refractivity contribution is 6.02. The second-order valence-electron chi connectivity index (χ2n) is 9.53. The number of nitrogens with zero attached hydrogens (tertiary/aromatic N) is 4. The van der Waals surface area contributed by atoms with Crippen molar-refractivity contribution in [2.75, 3.05) is 38.1 Å². The highest BCUT2D eigenvalue weighted by atomic mass is 16.6. The summed E-state index contributed by atoms with van der Waals surface area (Å²) < 4.78 is 18.2. The number of ether oxygens (including phenoxy) is 2. The molecule has 0 saturated carbocycles. The summed E-state index contributed by atoms with van der Waals surface area (Å²) in [5, 5.41) is 7.26. The molecule has 0 aliphatic carbocycles. The number of carbonyl (C=O) groups is 3. The van der Waals surface area contributed by atoms with E-state index in [1.807, 2.05) is 32.0 Å². The molecule has 39 heavy (non-hydrogen) atoms. The molecular formula is C28H35N5O6. The monoisotopic (exact) mass is 537 g/mol. The number of nitrogens with one attached hydrogen (secondary N) is 1. The highest BCUT2D eigenvalue weighted by Gasteiger charge is 2.29. The fourth-order valence-electron chi connectivity index (χ4n) is 4.44. The van der Waals surface area contributed by atoms with E-state index < -0.39 is 11.9 Å². The molecule has 4 rings (SSSR count). The van der Waals surface area contributed by atoms with Crippen molar-refractivity contribution in [2.45, 2.75) is 47.3 Å². The predicted molar refractivity (Wildman–Crippen MR) is 144 cm³/mol. The Hall–Kier alpha value is -4.28. The molecule has 0 radical (unpaired) electrons. The number of carbonyl (C=O) groups excluding carboxylic acids is 3. The van der Waals surface area contributed by atoms with Crippen molar-refractivity contribution in [3.63, 3.8) is 0 Å². The van der Waals surface area contributed by atoms with Gasteiger partial charge in [0.05, 0.1) is 18.0 Å². The standard InChI is InChI=1S/C28H35N5O6/c1-6-37-28(36)32-14-12-31(13-15-32)27(35)21(5)33-16-23(20(4)30-33)29-26(34)24-11-10-22(39-24)17-38-25-18(2)8-7-9-19(25)3/h7-11,16,21H,6,12-15,17H2,1-5H3,(H,29,34). The molecule has 1 aromatic carbocycles. The Morgan fingerprint density at radius 1 is 1.03 bits per heavy atom. The number of amides is 3. The fourth-order valence-corrected chi connectivity index (χ4v) is 4.44. The summed E-state index contributed by atoms with van der Waals surface area (Å²) in [5.74, 6) is 0.930. The molecule has 0 bridgehead atoms. The highest BCUT2D eigenvalue weighted by Crippen LogP contribution is 2.24. The maximum Gasteiger partial charge on any atom is 0.409 e. The zero-order valence-corrected chi connectivity index (χ0v) is 23.0. The van der Waals surface area contributed by atoms with Crippen molar-refractivity contribution in [1.82, 2.24) is 19.6 Å². The molecule has 3 heterocycles. The summed E-state index contributed by atoms with van der Waals surface area (Å²) in [4.78, 5) is 41.2. The Morgan fingerprint density at radius 3 is 2.36 bits per heavy atom. The van der Waals surface area contributed by atoms with Crippen LogP contribution < -0.4 is 10.1 Å². The molecule has 11 heteroatoms. The van der Waals surface area contributed by atoms with Gasteiger partial charge in [0.15, 0.2) is 5.76 Å². The van der Waals surface area contributed by atoms with Gasteiger partial charge in [0.2, 0.25) is 5.91 Å². The van der Waals surface area contributed by atoms with Crippen LogP contribution in [0.2, 0.25) is 0 Å². The molecule has 0 spiro atoms. The van der Waals surface area contributed by atoms with Gasteiger partial charge in [0.1, 0.15) is 24.2 Å². The van der Waals surface area contributed by atoms with E-state index in [4.69, 9.17) is 13.9 Å². The quantitative estimate of drug-likeness (QED) is 0.460. The molecule has 1 saturated heterocycles. The van der Waals surface area contributed by atoms with Gasteiger partial charge in [-0.15, -0.1) is 0 Å². The van der Waals surface area contributed by atoms with Crippen LogP contribution in [0.5, 0.6) is 5.75 Å². The first-order valence-corrected chi connectivity index (χ1v) is 13.0.